The number of pyridine rings is 1. The third kappa shape index (κ3) is 4.24. The number of para-hydroxylation sites is 1. The van der Waals surface area contributed by atoms with Crippen molar-refractivity contribution in [3.05, 3.63) is 65.7 Å². The Kier molecular flexibility index (Phi) is 5.10. The van der Waals surface area contributed by atoms with E-state index in [1.54, 1.807) is 18.3 Å². The minimum absolute atomic E-state index is 0.474. The van der Waals surface area contributed by atoms with E-state index in [0.29, 0.717) is 30.2 Å². The number of nitrogens with one attached hydrogen (secondary N) is 1. The second-order valence-electron chi connectivity index (χ2n) is 6.26. The first-order valence-corrected chi connectivity index (χ1v) is 8.27. The van der Waals surface area contributed by atoms with Gasteiger partial charge in [-0.3, -0.25) is 4.98 Å². The lowest BCUT2D eigenvalue weighted by molar-refractivity contribution is 0.269. The monoisotopic (exact) mass is 332 g/mol. The molecule has 0 atom stereocenters. The summed E-state index contributed by atoms with van der Waals surface area (Å²) in [6.07, 6.45) is 4.08. The van der Waals surface area contributed by atoms with Crippen molar-refractivity contribution in [3.8, 4) is 23.2 Å². The highest BCUT2D eigenvalue weighted by atomic mass is 16.5. The largest absolute Gasteiger partial charge is 0.493 e. The number of rotatable bonds is 6. The first-order valence-electron chi connectivity index (χ1n) is 8.27. The molecule has 0 bridgehead atoms. The van der Waals surface area contributed by atoms with Gasteiger partial charge in [0.25, 0.3) is 0 Å². The Bertz CT molecular complexity index is 892. The molecule has 1 aromatic carbocycles. The summed E-state index contributed by atoms with van der Waals surface area (Å²) in [6.45, 7) is 4.94. The van der Waals surface area contributed by atoms with Gasteiger partial charge in [-0.2, -0.15) is 5.26 Å². The zero-order chi connectivity index (χ0) is 17.6. The van der Waals surface area contributed by atoms with Gasteiger partial charge in [-0.25, -0.2) is 4.98 Å². The number of hydrogen-bond donors (Lipinski definition) is 1. The molecule has 3 aromatic rings. The van der Waals surface area contributed by atoms with E-state index in [0.717, 1.165) is 22.8 Å². The highest BCUT2D eigenvalue weighted by molar-refractivity contribution is 5.55. The minimum atomic E-state index is 0.474. The molecule has 0 spiro atoms. The smallest absolute Gasteiger partial charge is 0.122 e. The Hall–Kier alpha value is -3.13. The Labute approximate surface area is 147 Å². The first-order chi connectivity index (χ1) is 12.2. The van der Waals surface area contributed by atoms with Crippen molar-refractivity contribution in [2.45, 2.75) is 20.3 Å². The lowest BCUT2D eigenvalue weighted by Crippen LogP contribution is -2.06. The zero-order valence-electron chi connectivity index (χ0n) is 14.4. The summed E-state index contributed by atoms with van der Waals surface area (Å²) in [5, 5.41) is 9.01. The molecule has 1 N–H and O–H groups in total. The maximum absolute atomic E-state index is 9.01. The molecule has 0 saturated heterocycles. The van der Waals surface area contributed by atoms with E-state index in [9.17, 15) is 0 Å². The van der Waals surface area contributed by atoms with Crippen molar-refractivity contribution in [3.63, 3.8) is 0 Å². The van der Waals surface area contributed by atoms with E-state index in [2.05, 4.69) is 34.9 Å². The van der Waals surface area contributed by atoms with Crippen LogP contribution in [0.4, 0.5) is 0 Å². The summed E-state index contributed by atoms with van der Waals surface area (Å²) >= 11 is 0. The van der Waals surface area contributed by atoms with Gasteiger partial charge in [0.1, 0.15) is 17.3 Å². The molecular formula is C20H20N4O. The quantitative estimate of drug-likeness (QED) is 0.741. The fraction of sp³-hybridized carbons (Fsp3) is 0.250. The molecule has 5 nitrogen and oxygen atoms in total. The number of benzene rings is 1. The van der Waals surface area contributed by atoms with Crippen LogP contribution < -0.4 is 4.74 Å². The predicted molar refractivity (Wildman–Crippen MR) is 96.1 cm³/mol. The minimum Gasteiger partial charge on any atom is -0.493 e. The molecule has 25 heavy (non-hydrogen) atoms. The van der Waals surface area contributed by atoms with Crippen LogP contribution in [0.1, 0.15) is 30.8 Å². The van der Waals surface area contributed by atoms with Crippen LogP contribution in [0.3, 0.4) is 0 Å². The fourth-order valence-corrected chi connectivity index (χ4v) is 2.45. The second kappa shape index (κ2) is 7.63. The van der Waals surface area contributed by atoms with E-state index in [1.165, 1.54) is 0 Å². The summed E-state index contributed by atoms with van der Waals surface area (Å²) in [7, 11) is 0. The third-order valence-electron chi connectivity index (χ3n) is 3.69. The normalized spacial score (nSPS) is 10.6. The maximum atomic E-state index is 9.01. The summed E-state index contributed by atoms with van der Waals surface area (Å²) in [5.74, 6) is 2.19. The van der Waals surface area contributed by atoms with Gasteiger partial charge < -0.3 is 9.72 Å². The van der Waals surface area contributed by atoms with Gasteiger partial charge in [-0.05, 0) is 24.1 Å². The number of aromatic amines is 1. The van der Waals surface area contributed by atoms with Crippen LogP contribution in [0, 0.1) is 17.2 Å². The molecule has 5 heteroatoms. The molecule has 0 amide bonds. The third-order valence-corrected chi connectivity index (χ3v) is 3.69. The number of imidazole rings is 1. The van der Waals surface area contributed by atoms with Crippen LogP contribution in [-0.2, 0) is 6.42 Å². The van der Waals surface area contributed by atoms with E-state index < -0.39 is 0 Å². The highest BCUT2D eigenvalue weighted by Gasteiger charge is 2.10. The van der Waals surface area contributed by atoms with Gasteiger partial charge in [0.05, 0.1) is 23.9 Å². The molecular weight excluding hydrogens is 312 g/mol. The van der Waals surface area contributed by atoms with Crippen LogP contribution in [0.25, 0.3) is 11.4 Å². The van der Waals surface area contributed by atoms with Crippen LogP contribution in [-0.4, -0.2) is 21.6 Å². The zero-order valence-corrected chi connectivity index (χ0v) is 14.4. The van der Waals surface area contributed by atoms with Crippen molar-refractivity contribution in [2.75, 3.05) is 6.61 Å². The SMILES string of the molecule is CC(C)COc1ccccc1Cc1nc(-c2cc(C#N)ccn2)c[nH]1. The van der Waals surface area contributed by atoms with Gasteiger partial charge in [0.15, 0.2) is 0 Å². The van der Waals surface area contributed by atoms with Crippen LogP contribution in [0.5, 0.6) is 5.75 Å². The van der Waals surface area contributed by atoms with Gasteiger partial charge in [0.2, 0.25) is 0 Å². The van der Waals surface area contributed by atoms with Gasteiger partial charge >= 0.3 is 0 Å². The van der Waals surface area contributed by atoms with Crippen LogP contribution in [0.2, 0.25) is 0 Å². The summed E-state index contributed by atoms with van der Waals surface area (Å²) in [6, 6.07) is 13.5. The number of ether oxygens (including phenoxy) is 1. The molecule has 0 unspecified atom stereocenters. The molecule has 0 fully saturated rings. The topological polar surface area (TPSA) is 74.6 Å². The number of nitrogens with zero attached hydrogens (tertiary/aromatic N) is 3. The molecule has 0 aliphatic rings. The van der Waals surface area contributed by atoms with E-state index in [-0.39, 0.29) is 0 Å². The fourth-order valence-electron chi connectivity index (χ4n) is 2.45. The molecule has 0 aliphatic carbocycles. The average Bonchev–Trinajstić information content (AvgIpc) is 3.09. The molecule has 0 aliphatic heterocycles. The number of nitriles is 1. The number of hydrogen-bond acceptors (Lipinski definition) is 4. The van der Waals surface area contributed by atoms with Crippen molar-refractivity contribution < 1.29 is 4.74 Å². The lowest BCUT2D eigenvalue weighted by atomic mass is 10.1. The van der Waals surface area contributed by atoms with Crippen LogP contribution >= 0.6 is 0 Å². The summed E-state index contributed by atoms with van der Waals surface area (Å²) < 4.78 is 5.90. The summed E-state index contributed by atoms with van der Waals surface area (Å²) in [5.41, 5.74) is 3.07. The molecule has 3 rings (SSSR count). The van der Waals surface area contributed by atoms with Crippen LogP contribution in [0.15, 0.2) is 48.8 Å². The van der Waals surface area contributed by atoms with Gasteiger partial charge in [-0.1, -0.05) is 32.0 Å². The standard InChI is InChI=1S/C20H20N4O/c1-14(2)13-25-19-6-4-3-5-16(19)10-20-23-12-18(24-20)17-9-15(11-21)7-8-22-17/h3-9,12,14H,10,13H2,1-2H3,(H,23,24). The maximum Gasteiger partial charge on any atom is 0.122 e. The first kappa shape index (κ1) is 16.7. The van der Waals surface area contributed by atoms with Gasteiger partial charge in [-0.15, -0.1) is 0 Å². The Morgan fingerprint density at radius 2 is 2.04 bits per heavy atom. The van der Waals surface area contributed by atoms with Crippen molar-refractivity contribution in [1.82, 2.24) is 15.0 Å². The van der Waals surface area contributed by atoms with E-state index in [1.807, 2.05) is 30.5 Å². The molecule has 126 valence electrons. The predicted octanol–water partition coefficient (Wildman–Crippen LogP) is 3.97. The van der Waals surface area contributed by atoms with Crippen molar-refractivity contribution >= 4 is 0 Å². The molecule has 2 aromatic heterocycles. The van der Waals surface area contributed by atoms with E-state index in [4.69, 9.17) is 10.00 Å². The second-order valence-corrected chi connectivity index (χ2v) is 6.26. The van der Waals surface area contributed by atoms with Crippen molar-refractivity contribution in [2.24, 2.45) is 5.92 Å². The number of aromatic nitrogens is 3. The van der Waals surface area contributed by atoms with Crippen molar-refractivity contribution in [1.29, 1.82) is 5.26 Å². The Morgan fingerprint density at radius 3 is 2.84 bits per heavy atom. The van der Waals surface area contributed by atoms with Gasteiger partial charge in [0, 0.05) is 24.4 Å². The lowest BCUT2D eigenvalue weighted by Gasteiger charge is -2.12. The average molecular weight is 332 g/mol. The Morgan fingerprint density at radius 1 is 1.20 bits per heavy atom. The number of H-pyrrole nitrogens is 1. The molecule has 2 heterocycles. The summed E-state index contributed by atoms with van der Waals surface area (Å²) in [4.78, 5) is 12.1. The molecule has 0 saturated carbocycles. The molecule has 0 radical (unpaired) electrons. The highest BCUT2D eigenvalue weighted by Crippen LogP contribution is 2.22. The Balaban J connectivity index is 1.79. The van der Waals surface area contributed by atoms with E-state index >= 15 is 0 Å².